The van der Waals surface area contributed by atoms with Crippen molar-refractivity contribution < 1.29 is 8.78 Å². The summed E-state index contributed by atoms with van der Waals surface area (Å²) in [7, 11) is 0. The lowest BCUT2D eigenvalue weighted by Crippen LogP contribution is -2.06. The molecule has 1 heterocycles. The SMILES string of the molecule is Nc1ccc2nc(NCCc3cc(F)cc(F)c3)[nH]c2c1. The Morgan fingerprint density at radius 3 is 2.62 bits per heavy atom. The number of anilines is 2. The number of nitrogens with zero attached hydrogens (tertiary/aromatic N) is 1. The van der Waals surface area contributed by atoms with Crippen LogP contribution in [-0.2, 0) is 6.42 Å². The molecule has 0 bridgehead atoms. The van der Waals surface area contributed by atoms with Gasteiger partial charge < -0.3 is 16.0 Å². The van der Waals surface area contributed by atoms with Gasteiger partial charge in [0.05, 0.1) is 11.0 Å². The lowest BCUT2D eigenvalue weighted by molar-refractivity contribution is 0.580. The molecule has 1 aromatic heterocycles. The molecule has 0 spiro atoms. The van der Waals surface area contributed by atoms with Gasteiger partial charge in [-0.05, 0) is 42.3 Å². The summed E-state index contributed by atoms with van der Waals surface area (Å²) in [5.74, 6) is -0.527. The fraction of sp³-hybridized carbons (Fsp3) is 0.133. The second-order valence-electron chi connectivity index (χ2n) is 4.82. The second kappa shape index (κ2) is 5.40. The van der Waals surface area contributed by atoms with Crippen LogP contribution in [0.5, 0.6) is 0 Å². The highest BCUT2D eigenvalue weighted by Crippen LogP contribution is 2.17. The van der Waals surface area contributed by atoms with Crippen molar-refractivity contribution in [2.24, 2.45) is 0 Å². The van der Waals surface area contributed by atoms with E-state index in [4.69, 9.17) is 5.73 Å². The number of nitrogen functional groups attached to an aromatic ring is 1. The number of nitrogens with one attached hydrogen (secondary N) is 2. The van der Waals surface area contributed by atoms with Crippen LogP contribution in [0, 0.1) is 11.6 Å². The molecule has 21 heavy (non-hydrogen) atoms. The zero-order valence-corrected chi connectivity index (χ0v) is 11.2. The number of imidazole rings is 1. The highest BCUT2D eigenvalue weighted by Gasteiger charge is 2.04. The molecule has 4 N–H and O–H groups in total. The fourth-order valence-electron chi connectivity index (χ4n) is 2.19. The van der Waals surface area contributed by atoms with E-state index in [1.807, 2.05) is 6.07 Å². The standard InChI is InChI=1S/C15H14F2N4/c16-10-5-9(6-11(17)7-10)3-4-19-15-20-13-2-1-12(18)8-14(13)21-15/h1-2,5-8H,3-4,18H2,(H2,19,20,21). The first-order chi connectivity index (χ1) is 10.1. The molecule has 0 unspecified atom stereocenters. The number of hydrogen-bond acceptors (Lipinski definition) is 3. The van der Waals surface area contributed by atoms with E-state index < -0.39 is 11.6 Å². The first-order valence-electron chi connectivity index (χ1n) is 6.54. The van der Waals surface area contributed by atoms with Gasteiger partial charge in [0.15, 0.2) is 0 Å². The molecule has 0 fully saturated rings. The van der Waals surface area contributed by atoms with E-state index in [0.717, 1.165) is 17.1 Å². The lowest BCUT2D eigenvalue weighted by Gasteiger charge is -2.03. The number of H-pyrrole nitrogens is 1. The molecule has 0 atom stereocenters. The molecule has 0 aliphatic carbocycles. The van der Waals surface area contributed by atoms with Gasteiger partial charge in [0, 0.05) is 18.3 Å². The minimum absolute atomic E-state index is 0.494. The van der Waals surface area contributed by atoms with E-state index in [1.54, 1.807) is 12.1 Å². The third kappa shape index (κ3) is 3.10. The highest BCUT2D eigenvalue weighted by molar-refractivity contribution is 5.80. The maximum Gasteiger partial charge on any atom is 0.201 e. The number of benzene rings is 2. The molecule has 0 amide bonds. The van der Waals surface area contributed by atoms with Crippen LogP contribution >= 0.6 is 0 Å². The molecule has 0 aliphatic rings. The molecule has 4 nitrogen and oxygen atoms in total. The average molecular weight is 288 g/mol. The predicted octanol–water partition coefficient (Wildman–Crippen LogP) is 3.08. The topological polar surface area (TPSA) is 66.7 Å². The molecule has 2 aromatic carbocycles. The summed E-state index contributed by atoms with van der Waals surface area (Å²) in [6, 6.07) is 8.92. The summed E-state index contributed by atoms with van der Waals surface area (Å²) in [5, 5.41) is 3.09. The summed E-state index contributed by atoms with van der Waals surface area (Å²) in [4.78, 5) is 7.44. The molecule has 0 saturated heterocycles. The fourth-order valence-corrected chi connectivity index (χ4v) is 2.19. The van der Waals surface area contributed by atoms with Gasteiger partial charge in [-0.15, -0.1) is 0 Å². The zero-order valence-electron chi connectivity index (χ0n) is 11.2. The Bertz CT molecular complexity index is 762. The predicted molar refractivity (Wildman–Crippen MR) is 79.1 cm³/mol. The number of nitrogens with two attached hydrogens (primary N) is 1. The van der Waals surface area contributed by atoms with E-state index in [2.05, 4.69) is 15.3 Å². The summed E-state index contributed by atoms with van der Waals surface area (Å²) < 4.78 is 26.1. The van der Waals surface area contributed by atoms with Gasteiger partial charge in [0.25, 0.3) is 0 Å². The Kier molecular flexibility index (Phi) is 3.43. The van der Waals surface area contributed by atoms with Crippen LogP contribution in [0.15, 0.2) is 36.4 Å². The minimum atomic E-state index is -0.566. The Morgan fingerprint density at radius 2 is 1.86 bits per heavy atom. The normalized spacial score (nSPS) is 11.0. The quantitative estimate of drug-likeness (QED) is 0.646. The zero-order chi connectivity index (χ0) is 14.8. The molecule has 0 aliphatic heterocycles. The van der Waals surface area contributed by atoms with Gasteiger partial charge in [-0.2, -0.15) is 0 Å². The van der Waals surface area contributed by atoms with Crippen molar-refractivity contribution >= 4 is 22.7 Å². The number of fused-ring (bicyclic) bond motifs is 1. The Morgan fingerprint density at radius 1 is 1.10 bits per heavy atom. The van der Waals surface area contributed by atoms with E-state index in [0.29, 0.717) is 30.2 Å². The first-order valence-corrected chi connectivity index (χ1v) is 6.54. The monoisotopic (exact) mass is 288 g/mol. The van der Waals surface area contributed by atoms with Crippen LogP contribution in [0.3, 0.4) is 0 Å². The Hall–Kier alpha value is -2.63. The lowest BCUT2D eigenvalue weighted by atomic mass is 10.1. The van der Waals surface area contributed by atoms with E-state index in [9.17, 15) is 8.78 Å². The molecule has 0 saturated carbocycles. The van der Waals surface area contributed by atoms with Gasteiger partial charge in [-0.25, -0.2) is 13.8 Å². The van der Waals surface area contributed by atoms with Gasteiger partial charge in [-0.3, -0.25) is 0 Å². The van der Waals surface area contributed by atoms with Gasteiger partial charge in [-0.1, -0.05) is 0 Å². The number of aromatic amines is 1. The maximum atomic E-state index is 13.1. The Labute approximate surface area is 120 Å². The number of hydrogen-bond donors (Lipinski definition) is 3. The summed E-state index contributed by atoms with van der Waals surface area (Å²) in [6.07, 6.45) is 0.494. The Balaban J connectivity index is 1.66. The molecule has 6 heteroatoms. The molecule has 3 aromatic rings. The summed E-state index contributed by atoms with van der Waals surface area (Å²) in [5.41, 5.74) is 8.61. The van der Waals surface area contributed by atoms with Crippen molar-refractivity contribution in [3.05, 3.63) is 53.6 Å². The van der Waals surface area contributed by atoms with Crippen LogP contribution in [0.2, 0.25) is 0 Å². The van der Waals surface area contributed by atoms with E-state index in [-0.39, 0.29) is 0 Å². The largest absolute Gasteiger partial charge is 0.399 e. The van der Waals surface area contributed by atoms with Crippen molar-refractivity contribution in [1.82, 2.24) is 9.97 Å². The third-order valence-corrected chi connectivity index (χ3v) is 3.13. The van der Waals surface area contributed by atoms with Crippen LogP contribution in [0.25, 0.3) is 11.0 Å². The second-order valence-corrected chi connectivity index (χ2v) is 4.82. The van der Waals surface area contributed by atoms with Crippen LogP contribution in [-0.4, -0.2) is 16.5 Å². The van der Waals surface area contributed by atoms with Crippen molar-refractivity contribution in [1.29, 1.82) is 0 Å². The van der Waals surface area contributed by atoms with E-state index in [1.165, 1.54) is 12.1 Å². The summed E-state index contributed by atoms with van der Waals surface area (Å²) in [6.45, 7) is 0.512. The summed E-state index contributed by atoms with van der Waals surface area (Å²) >= 11 is 0. The minimum Gasteiger partial charge on any atom is -0.399 e. The molecule has 3 rings (SSSR count). The van der Waals surface area contributed by atoms with Gasteiger partial charge in [0.1, 0.15) is 11.6 Å². The maximum absolute atomic E-state index is 13.1. The van der Waals surface area contributed by atoms with Crippen molar-refractivity contribution in [2.75, 3.05) is 17.6 Å². The van der Waals surface area contributed by atoms with Crippen molar-refractivity contribution in [3.8, 4) is 0 Å². The van der Waals surface area contributed by atoms with Crippen molar-refractivity contribution in [3.63, 3.8) is 0 Å². The van der Waals surface area contributed by atoms with Crippen molar-refractivity contribution in [2.45, 2.75) is 6.42 Å². The number of aromatic nitrogens is 2. The van der Waals surface area contributed by atoms with Crippen LogP contribution in [0.4, 0.5) is 20.4 Å². The smallest absolute Gasteiger partial charge is 0.201 e. The number of halogens is 2. The number of rotatable bonds is 4. The van der Waals surface area contributed by atoms with Gasteiger partial charge in [0.2, 0.25) is 5.95 Å². The van der Waals surface area contributed by atoms with Crippen LogP contribution < -0.4 is 11.1 Å². The molecule has 108 valence electrons. The van der Waals surface area contributed by atoms with Gasteiger partial charge >= 0.3 is 0 Å². The molecular weight excluding hydrogens is 274 g/mol. The van der Waals surface area contributed by atoms with E-state index >= 15 is 0 Å². The first kappa shape index (κ1) is 13.4. The van der Waals surface area contributed by atoms with Crippen LogP contribution in [0.1, 0.15) is 5.56 Å². The third-order valence-electron chi connectivity index (χ3n) is 3.13. The highest BCUT2D eigenvalue weighted by atomic mass is 19.1. The molecule has 0 radical (unpaired) electrons. The molecular formula is C15H14F2N4. The average Bonchev–Trinajstić information content (AvgIpc) is 2.79.